The van der Waals surface area contributed by atoms with Gasteiger partial charge in [0.2, 0.25) is 0 Å². The zero-order valence-corrected chi connectivity index (χ0v) is 9.07. The molecule has 0 saturated carbocycles. The van der Waals surface area contributed by atoms with E-state index in [1.807, 2.05) is 24.3 Å². The first-order valence-corrected chi connectivity index (χ1v) is 4.59. The quantitative estimate of drug-likeness (QED) is 0.606. The number of carbonyl (C=O) groups is 1. The molecule has 0 saturated heterocycles. The van der Waals surface area contributed by atoms with E-state index >= 15 is 0 Å². The van der Waals surface area contributed by atoms with Crippen molar-refractivity contribution in [3.8, 4) is 5.75 Å². The van der Waals surface area contributed by atoms with Crippen molar-refractivity contribution in [1.82, 2.24) is 0 Å². The molecule has 1 aromatic carbocycles. The average molecular weight is 206 g/mol. The molecule has 0 aliphatic heterocycles. The highest BCUT2D eigenvalue weighted by atomic mass is 16.5. The van der Waals surface area contributed by atoms with Gasteiger partial charge in [-0.25, -0.2) is 0 Å². The van der Waals surface area contributed by atoms with Gasteiger partial charge in [0.15, 0.2) is 5.78 Å². The van der Waals surface area contributed by atoms with Crippen LogP contribution in [0.25, 0.3) is 0 Å². The molecule has 0 spiro atoms. The van der Waals surface area contributed by atoms with E-state index in [9.17, 15) is 4.79 Å². The summed E-state index contributed by atoms with van der Waals surface area (Å²) in [5.41, 5.74) is 4.05. The van der Waals surface area contributed by atoms with Crippen molar-refractivity contribution in [2.75, 3.05) is 12.5 Å². The zero-order valence-electron chi connectivity index (χ0n) is 9.07. The molecular weight excluding hydrogens is 192 g/mol. The van der Waals surface area contributed by atoms with Crippen LogP contribution in [-0.2, 0) is 4.79 Å². The number of nitrogens with one attached hydrogen (secondary N) is 1. The van der Waals surface area contributed by atoms with Crippen LogP contribution in [0.2, 0.25) is 0 Å². The summed E-state index contributed by atoms with van der Waals surface area (Å²) in [6, 6.07) is 7.30. The normalized spacial score (nSPS) is 11.0. The highest BCUT2D eigenvalue weighted by Gasteiger charge is 1.97. The van der Waals surface area contributed by atoms with Crippen molar-refractivity contribution < 1.29 is 9.53 Å². The minimum atomic E-state index is -0.0454. The molecule has 15 heavy (non-hydrogen) atoms. The minimum absolute atomic E-state index is 0.0454. The van der Waals surface area contributed by atoms with E-state index in [-0.39, 0.29) is 5.78 Å². The van der Waals surface area contributed by atoms with Gasteiger partial charge in [0.25, 0.3) is 0 Å². The van der Waals surface area contributed by atoms with Crippen molar-refractivity contribution in [3.05, 3.63) is 24.3 Å². The van der Waals surface area contributed by atoms with Crippen LogP contribution in [0.5, 0.6) is 5.75 Å². The fourth-order valence-corrected chi connectivity index (χ4v) is 0.893. The van der Waals surface area contributed by atoms with Crippen molar-refractivity contribution in [2.24, 2.45) is 5.10 Å². The third-order valence-electron chi connectivity index (χ3n) is 1.95. The van der Waals surface area contributed by atoms with Crippen molar-refractivity contribution >= 4 is 17.2 Å². The number of methoxy groups -OCH3 is 1. The number of ether oxygens (including phenoxy) is 1. The Morgan fingerprint density at radius 1 is 1.27 bits per heavy atom. The number of benzene rings is 1. The SMILES string of the molecule is COc1ccc(N/N=C(\C)C(C)=O)cc1. The summed E-state index contributed by atoms with van der Waals surface area (Å²) in [4.78, 5) is 10.9. The molecule has 1 aromatic rings. The fraction of sp³-hybridized carbons (Fsp3) is 0.273. The maximum atomic E-state index is 10.9. The molecule has 0 radical (unpaired) electrons. The lowest BCUT2D eigenvalue weighted by molar-refractivity contribution is -0.111. The second-order valence-electron chi connectivity index (χ2n) is 3.09. The Kier molecular flexibility index (Phi) is 3.85. The van der Waals surface area contributed by atoms with Crippen LogP contribution in [0.1, 0.15) is 13.8 Å². The molecular formula is C11H14N2O2. The predicted molar refractivity (Wildman–Crippen MR) is 60.4 cm³/mol. The van der Waals surface area contributed by atoms with Crippen LogP contribution in [0, 0.1) is 0 Å². The Morgan fingerprint density at radius 3 is 2.33 bits per heavy atom. The molecule has 0 aromatic heterocycles. The molecule has 0 bridgehead atoms. The number of ketones is 1. The number of hydrogen-bond acceptors (Lipinski definition) is 4. The summed E-state index contributed by atoms with van der Waals surface area (Å²) >= 11 is 0. The summed E-state index contributed by atoms with van der Waals surface area (Å²) in [6.07, 6.45) is 0. The Hall–Kier alpha value is -1.84. The number of anilines is 1. The monoisotopic (exact) mass is 206 g/mol. The van der Waals surface area contributed by atoms with E-state index in [1.165, 1.54) is 6.92 Å². The van der Waals surface area contributed by atoms with E-state index in [1.54, 1.807) is 14.0 Å². The van der Waals surface area contributed by atoms with Crippen LogP contribution < -0.4 is 10.2 Å². The molecule has 1 N–H and O–H groups in total. The molecule has 0 aliphatic carbocycles. The second-order valence-corrected chi connectivity index (χ2v) is 3.09. The first-order chi connectivity index (χ1) is 7.13. The Balaban J connectivity index is 2.66. The largest absolute Gasteiger partial charge is 0.497 e. The fourth-order valence-electron chi connectivity index (χ4n) is 0.893. The lowest BCUT2D eigenvalue weighted by Gasteiger charge is -2.03. The molecule has 0 fully saturated rings. The van der Waals surface area contributed by atoms with Gasteiger partial charge in [0, 0.05) is 6.92 Å². The lowest BCUT2D eigenvalue weighted by atomic mass is 10.3. The number of hydrazone groups is 1. The van der Waals surface area contributed by atoms with Crippen LogP contribution in [0.3, 0.4) is 0 Å². The summed E-state index contributed by atoms with van der Waals surface area (Å²) in [7, 11) is 1.61. The highest BCUT2D eigenvalue weighted by molar-refractivity contribution is 6.38. The molecule has 0 unspecified atom stereocenters. The first-order valence-electron chi connectivity index (χ1n) is 4.59. The maximum Gasteiger partial charge on any atom is 0.175 e. The van der Waals surface area contributed by atoms with Gasteiger partial charge in [-0.1, -0.05) is 0 Å². The molecule has 4 nitrogen and oxygen atoms in total. The molecule has 0 atom stereocenters. The topological polar surface area (TPSA) is 50.7 Å². The number of rotatable bonds is 4. The van der Waals surface area contributed by atoms with E-state index in [0.717, 1.165) is 11.4 Å². The summed E-state index contributed by atoms with van der Waals surface area (Å²) < 4.78 is 5.02. The zero-order chi connectivity index (χ0) is 11.3. The van der Waals surface area contributed by atoms with E-state index in [0.29, 0.717) is 5.71 Å². The van der Waals surface area contributed by atoms with E-state index in [2.05, 4.69) is 10.5 Å². The van der Waals surface area contributed by atoms with Gasteiger partial charge in [-0.15, -0.1) is 0 Å². The summed E-state index contributed by atoms with van der Waals surface area (Å²) in [5.74, 6) is 0.740. The number of nitrogens with zero attached hydrogens (tertiary/aromatic N) is 1. The van der Waals surface area contributed by atoms with Crippen LogP contribution in [0.4, 0.5) is 5.69 Å². The van der Waals surface area contributed by atoms with Gasteiger partial charge >= 0.3 is 0 Å². The Labute approximate surface area is 88.9 Å². The van der Waals surface area contributed by atoms with Crippen LogP contribution in [0.15, 0.2) is 29.4 Å². The molecule has 0 aliphatic rings. The third kappa shape index (κ3) is 3.42. The van der Waals surface area contributed by atoms with Gasteiger partial charge in [-0.2, -0.15) is 5.10 Å². The standard InChI is InChI=1S/C11H14N2O2/c1-8(9(2)14)12-13-10-4-6-11(15-3)7-5-10/h4-7,13H,1-3H3/b12-8+. The second kappa shape index (κ2) is 5.14. The first kappa shape index (κ1) is 11.2. The van der Waals surface area contributed by atoms with E-state index < -0.39 is 0 Å². The Morgan fingerprint density at radius 2 is 1.87 bits per heavy atom. The van der Waals surface area contributed by atoms with Crippen LogP contribution >= 0.6 is 0 Å². The number of hydrogen-bond donors (Lipinski definition) is 1. The van der Waals surface area contributed by atoms with Gasteiger partial charge in [0.05, 0.1) is 12.8 Å². The molecule has 4 heteroatoms. The highest BCUT2D eigenvalue weighted by Crippen LogP contribution is 2.14. The maximum absolute atomic E-state index is 10.9. The number of carbonyl (C=O) groups excluding carboxylic acids is 1. The number of Topliss-reactive ketones (excluding diaryl/α,β-unsaturated/α-hetero) is 1. The third-order valence-corrected chi connectivity index (χ3v) is 1.95. The lowest BCUT2D eigenvalue weighted by Crippen LogP contribution is -2.07. The average Bonchev–Trinajstić information content (AvgIpc) is 2.26. The smallest absolute Gasteiger partial charge is 0.175 e. The molecule has 1 rings (SSSR count). The molecule has 0 heterocycles. The van der Waals surface area contributed by atoms with Gasteiger partial charge < -0.3 is 4.74 Å². The minimum Gasteiger partial charge on any atom is -0.497 e. The van der Waals surface area contributed by atoms with Crippen LogP contribution in [-0.4, -0.2) is 18.6 Å². The van der Waals surface area contributed by atoms with Gasteiger partial charge in [0.1, 0.15) is 11.5 Å². The summed E-state index contributed by atoms with van der Waals surface area (Å²) in [5, 5.41) is 3.93. The van der Waals surface area contributed by atoms with Crippen molar-refractivity contribution in [2.45, 2.75) is 13.8 Å². The van der Waals surface area contributed by atoms with Crippen molar-refractivity contribution in [1.29, 1.82) is 0 Å². The van der Waals surface area contributed by atoms with Crippen molar-refractivity contribution in [3.63, 3.8) is 0 Å². The molecule has 0 amide bonds. The summed E-state index contributed by atoms with van der Waals surface area (Å²) in [6.45, 7) is 3.15. The van der Waals surface area contributed by atoms with Gasteiger partial charge in [-0.3, -0.25) is 10.2 Å². The predicted octanol–water partition coefficient (Wildman–Crippen LogP) is 2.07. The Bertz CT molecular complexity index is 369. The molecule has 80 valence electrons. The van der Waals surface area contributed by atoms with Gasteiger partial charge in [-0.05, 0) is 31.2 Å². The van der Waals surface area contributed by atoms with E-state index in [4.69, 9.17) is 4.74 Å².